The van der Waals surface area contributed by atoms with Crippen LogP contribution in [0.25, 0.3) is 22.3 Å². The zero-order valence-electron chi connectivity index (χ0n) is 20.6. The highest BCUT2D eigenvalue weighted by Gasteiger charge is 2.48. The third kappa shape index (κ3) is 4.49. The number of aromatic hydroxyl groups is 3. The van der Waals surface area contributed by atoms with Crippen LogP contribution in [0.15, 0.2) is 39.5 Å². The largest absolute Gasteiger partial charge is 0.508 e. The monoisotopic (exact) mass is 564 g/mol. The first-order chi connectivity index (χ1) is 19.0. The van der Waals surface area contributed by atoms with Gasteiger partial charge in [-0.1, -0.05) is 0 Å². The fourth-order valence-corrected chi connectivity index (χ4v) is 5.11. The van der Waals surface area contributed by atoms with E-state index in [1.165, 1.54) is 24.3 Å². The normalized spacial score (nSPS) is 32.8. The van der Waals surface area contributed by atoms with Gasteiger partial charge in [-0.2, -0.15) is 0 Å². The van der Waals surface area contributed by atoms with Gasteiger partial charge in [0.15, 0.2) is 11.0 Å². The highest BCUT2D eigenvalue weighted by atomic mass is 16.5. The van der Waals surface area contributed by atoms with Crippen LogP contribution in [0, 0.1) is 0 Å². The van der Waals surface area contributed by atoms with Crippen LogP contribution >= 0.6 is 0 Å². The minimum Gasteiger partial charge on any atom is -0.508 e. The van der Waals surface area contributed by atoms with E-state index in [1.54, 1.807) is 0 Å². The minimum atomic E-state index is -1.96. The molecule has 3 heterocycles. The lowest BCUT2D eigenvalue weighted by Crippen LogP contribution is -2.55. The third-order valence-corrected chi connectivity index (χ3v) is 7.31. The Morgan fingerprint density at radius 1 is 0.775 bits per heavy atom. The number of ether oxygens (including phenoxy) is 2. The molecule has 0 radical (unpaired) electrons. The molecule has 0 saturated carbocycles. The van der Waals surface area contributed by atoms with Gasteiger partial charge in [-0.15, -0.1) is 0 Å². The van der Waals surface area contributed by atoms with Crippen molar-refractivity contribution in [3.8, 4) is 28.6 Å². The molecule has 2 fully saturated rings. The van der Waals surface area contributed by atoms with Gasteiger partial charge in [-0.25, -0.2) is 0 Å². The van der Waals surface area contributed by atoms with Crippen molar-refractivity contribution in [2.24, 2.45) is 0 Å². The second kappa shape index (κ2) is 10.6. The number of phenolic OH excluding ortho intramolecular Hbond substituents is 3. The number of fused-ring (bicyclic) bond motifs is 1. The summed E-state index contributed by atoms with van der Waals surface area (Å²) < 4.78 is 16.9. The number of aliphatic hydroxyl groups is 7. The second-order valence-corrected chi connectivity index (χ2v) is 9.80. The maximum Gasteiger partial charge on any atom is 0.197 e. The van der Waals surface area contributed by atoms with Crippen LogP contribution in [0.2, 0.25) is 0 Å². The van der Waals surface area contributed by atoms with Crippen LogP contribution in [0.1, 0.15) is 23.3 Å². The highest BCUT2D eigenvalue weighted by molar-refractivity contribution is 5.92. The zero-order chi connectivity index (χ0) is 29.0. The lowest BCUT2D eigenvalue weighted by Gasteiger charge is -2.41. The van der Waals surface area contributed by atoms with E-state index in [9.17, 15) is 55.9 Å². The van der Waals surface area contributed by atoms with Crippen LogP contribution in [0.3, 0.4) is 0 Å². The molecule has 5 rings (SSSR count). The van der Waals surface area contributed by atoms with Crippen molar-refractivity contribution in [2.45, 2.75) is 54.9 Å². The molecule has 2 aliphatic rings. The molecule has 9 atom stereocenters. The van der Waals surface area contributed by atoms with Crippen molar-refractivity contribution in [2.75, 3.05) is 13.2 Å². The molecule has 3 aromatic rings. The Labute approximate surface area is 224 Å². The summed E-state index contributed by atoms with van der Waals surface area (Å²) >= 11 is 0. The van der Waals surface area contributed by atoms with Gasteiger partial charge in [0.2, 0.25) is 0 Å². The van der Waals surface area contributed by atoms with E-state index in [4.69, 9.17) is 13.9 Å². The SMILES string of the molecule is O=c1cc(-c2ccc(O)cc2)oc2c([C@H]3O[C@@H](CO)[C@@H](O)[C@@H](O)[C@@H]3O)c(O)c([C@H]3OC[C@@H](O)[C@@H](O)[C@H]3O)c(O)c12. The molecule has 2 saturated heterocycles. The second-order valence-electron chi connectivity index (χ2n) is 9.80. The maximum atomic E-state index is 13.4. The number of benzene rings is 2. The molecular weight excluding hydrogens is 536 g/mol. The lowest BCUT2D eigenvalue weighted by atomic mass is 9.85. The Morgan fingerprint density at radius 3 is 2.08 bits per heavy atom. The topological polar surface area (TPSA) is 251 Å². The van der Waals surface area contributed by atoms with Crippen molar-refractivity contribution < 1.29 is 65.0 Å². The average molecular weight is 564 g/mol. The Morgan fingerprint density at radius 2 is 1.43 bits per heavy atom. The van der Waals surface area contributed by atoms with Crippen molar-refractivity contribution in [3.63, 3.8) is 0 Å². The van der Waals surface area contributed by atoms with E-state index in [-0.39, 0.29) is 11.5 Å². The molecule has 14 heteroatoms. The van der Waals surface area contributed by atoms with Crippen molar-refractivity contribution in [1.29, 1.82) is 0 Å². The summed E-state index contributed by atoms with van der Waals surface area (Å²) in [5.41, 5.74) is -2.19. The van der Waals surface area contributed by atoms with Crippen LogP contribution < -0.4 is 5.43 Å². The Kier molecular flexibility index (Phi) is 7.47. The smallest absolute Gasteiger partial charge is 0.197 e. The van der Waals surface area contributed by atoms with E-state index in [0.717, 1.165) is 6.07 Å². The molecule has 2 aromatic carbocycles. The van der Waals surface area contributed by atoms with Gasteiger partial charge in [0.05, 0.1) is 24.3 Å². The predicted octanol–water partition coefficient (Wildman–Crippen LogP) is -1.75. The van der Waals surface area contributed by atoms with Crippen LogP contribution in [-0.2, 0) is 9.47 Å². The predicted molar refractivity (Wildman–Crippen MR) is 132 cm³/mol. The molecule has 40 heavy (non-hydrogen) atoms. The molecule has 0 aliphatic carbocycles. The number of phenols is 3. The standard InChI is InChI=1S/C26H28O14/c27-6-13-18(32)21(35)23(37)26(40-13)16-20(34)15(25-22(36)17(31)11(30)7-38-25)19(33)14-10(29)5-12(39-24(14)16)8-1-3-9(28)4-2-8/h1-5,11,13,17-18,21-23,25-28,30-37H,6-7H2/t11-,13+,17-,18-,21-,22-,23+,25-,26-/m1/s1. The molecular formula is C26H28O14. The van der Waals surface area contributed by atoms with E-state index in [0.29, 0.717) is 5.56 Å². The van der Waals surface area contributed by atoms with E-state index in [2.05, 4.69) is 0 Å². The van der Waals surface area contributed by atoms with E-state index < -0.39 is 107 Å². The van der Waals surface area contributed by atoms with Crippen LogP contribution in [0.5, 0.6) is 17.2 Å². The summed E-state index contributed by atoms with van der Waals surface area (Å²) in [5, 5.41) is 104. The number of rotatable bonds is 4. The molecule has 0 spiro atoms. The van der Waals surface area contributed by atoms with E-state index in [1.807, 2.05) is 0 Å². The highest BCUT2D eigenvalue weighted by Crippen LogP contribution is 2.50. The van der Waals surface area contributed by atoms with Gasteiger partial charge >= 0.3 is 0 Å². The molecule has 14 nitrogen and oxygen atoms in total. The summed E-state index contributed by atoms with van der Waals surface area (Å²) in [5.74, 6) is -2.00. The van der Waals surface area contributed by atoms with Gasteiger partial charge in [-0.05, 0) is 24.3 Å². The van der Waals surface area contributed by atoms with Gasteiger partial charge in [0.25, 0.3) is 0 Å². The maximum absolute atomic E-state index is 13.4. The Bertz CT molecular complexity index is 1450. The van der Waals surface area contributed by atoms with Crippen molar-refractivity contribution in [3.05, 3.63) is 51.7 Å². The van der Waals surface area contributed by atoms with Crippen LogP contribution in [-0.4, -0.2) is 107 Å². The first kappa shape index (κ1) is 28.2. The van der Waals surface area contributed by atoms with Gasteiger partial charge in [0.1, 0.15) is 83.3 Å². The van der Waals surface area contributed by atoms with E-state index >= 15 is 0 Å². The first-order valence-corrected chi connectivity index (χ1v) is 12.3. The summed E-state index contributed by atoms with van der Waals surface area (Å²) in [6.07, 6.45) is -15.7. The zero-order valence-corrected chi connectivity index (χ0v) is 20.6. The number of aliphatic hydroxyl groups excluding tert-OH is 7. The summed E-state index contributed by atoms with van der Waals surface area (Å²) in [6, 6.07) is 6.47. The van der Waals surface area contributed by atoms with Gasteiger partial charge < -0.3 is 65.0 Å². The lowest BCUT2D eigenvalue weighted by molar-refractivity contribution is -0.231. The van der Waals surface area contributed by atoms with Gasteiger partial charge in [0, 0.05) is 11.6 Å². The number of hydrogen-bond donors (Lipinski definition) is 10. The molecule has 0 unspecified atom stereocenters. The summed E-state index contributed by atoms with van der Waals surface area (Å²) in [6.45, 7) is -1.34. The summed E-state index contributed by atoms with van der Waals surface area (Å²) in [7, 11) is 0. The third-order valence-electron chi connectivity index (χ3n) is 7.31. The Balaban J connectivity index is 1.81. The quantitative estimate of drug-likeness (QED) is 0.169. The summed E-state index contributed by atoms with van der Waals surface area (Å²) in [4.78, 5) is 13.4. The molecule has 0 bridgehead atoms. The van der Waals surface area contributed by atoms with Crippen molar-refractivity contribution >= 4 is 11.0 Å². The molecule has 1 aromatic heterocycles. The molecule has 0 amide bonds. The number of hydrogen-bond acceptors (Lipinski definition) is 14. The molecule has 2 aliphatic heterocycles. The fourth-order valence-electron chi connectivity index (χ4n) is 5.11. The molecule has 10 N–H and O–H groups in total. The first-order valence-electron chi connectivity index (χ1n) is 12.3. The van der Waals surface area contributed by atoms with Crippen LogP contribution in [0.4, 0.5) is 0 Å². The molecule has 216 valence electrons. The average Bonchev–Trinajstić information content (AvgIpc) is 2.92. The van der Waals surface area contributed by atoms with Gasteiger partial charge in [-0.3, -0.25) is 4.79 Å². The Hall–Kier alpha value is -3.31. The minimum absolute atomic E-state index is 0.0767. The fraction of sp³-hybridized carbons (Fsp3) is 0.423. The van der Waals surface area contributed by atoms with Crippen molar-refractivity contribution in [1.82, 2.24) is 0 Å².